The Morgan fingerprint density at radius 1 is 1.08 bits per heavy atom. The van der Waals surface area contributed by atoms with Crippen molar-refractivity contribution in [2.24, 2.45) is 16.2 Å². The van der Waals surface area contributed by atoms with Gasteiger partial charge in [-0.1, -0.05) is 74.2 Å². The minimum absolute atomic E-state index is 0. The van der Waals surface area contributed by atoms with E-state index < -0.39 is 0 Å². The summed E-state index contributed by atoms with van der Waals surface area (Å²) in [4.78, 5) is 33.5. The highest BCUT2D eigenvalue weighted by Gasteiger charge is 2.42. The van der Waals surface area contributed by atoms with E-state index in [1.165, 1.54) is 0 Å². The number of carbonyl (C=O) groups excluding carboxylic acids is 3. The van der Waals surface area contributed by atoms with E-state index in [1.807, 2.05) is 6.92 Å². The van der Waals surface area contributed by atoms with Gasteiger partial charge < -0.3 is 5.32 Å². The summed E-state index contributed by atoms with van der Waals surface area (Å²) in [5.74, 6) is -0.00708. The molecule has 0 aliphatic carbocycles. The quantitative estimate of drug-likeness (QED) is 0.712. The van der Waals surface area contributed by atoms with Gasteiger partial charge in [0.25, 0.3) is 5.24 Å². The van der Waals surface area contributed by atoms with E-state index in [9.17, 15) is 14.4 Å². The number of imide groups is 1. The highest BCUT2D eigenvalue weighted by molar-refractivity contribution is 8.15. The Morgan fingerprint density at radius 3 is 1.92 bits per heavy atom. The molecule has 6 heteroatoms. The van der Waals surface area contributed by atoms with Crippen LogP contribution in [0.3, 0.4) is 0 Å². The molecule has 150 valence electrons. The van der Waals surface area contributed by atoms with Crippen molar-refractivity contribution >= 4 is 28.8 Å². The van der Waals surface area contributed by atoms with Crippen LogP contribution in [0.25, 0.3) is 0 Å². The molecule has 0 aromatic carbocycles. The maximum atomic E-state index is 11.6. The average molecular weight is 385 g/mol. The Balaban J connectivity index is 0.000000464. The summed E-state index contributed by atoms with van der Waals surface area (Å²) in [6, 6.07) is 0. The molecule has 2 aliphatic heterocycles. The standard InChI is InChI=1S/C11H19NO.C8H13NO2S.CH4/c1-8-6-11(5,9(13)12-8)7-10(2,3)4;1-8(2,3)4-5-6(10)9-7(11)12-5;/h1,6-7H2,2-5H3,(H,12,13);5H,4H2,1-3H3,(H,9,10,11);1H4. The van der Waals surface area contributed by atoms with Crippen LogP contribution in [0.15, 0.2) is 12.3 Å². The summed E-state index contributed by atoms with van der Waals surface area (Å²) in [5, 5.41) is 4.67. The minimum Gasteiger partial charge on any atom is -0.330 e. The molecule has 2 atom stereocenters. The van der Waals surface area contributed by atoms with Crippen molar-refractivity contribution in [3.8, 4) is 0 Å². The average Bonchev–Trinajstić information content (AvgIpc) is 2.74. The van der Waals surface area contributed by atoms with Crippen molar-refractivity contribution in [1.29, 1.82) is 0 Å². The fourth-order valence-electron chi connectivity index (χ4n) is 3.30. The Bertz CT molecular complexity index is 573. The molecule has 0 aromatic heterocycles. The van der Waals surface area contributed by atoms with Gasteiger partial charge in [-0.2, -0.15) is 0 Å². The second-order valence-corrected chi connectivity index (χ2v) is 10.9. The molecule has 26 heavy (non-hydrogen) atoms. The molecule has 0 bridgehead atoms. The van der Waals surface area contributed by atoms with Crippen LogP contribution in [-0.4, -0.2) is 22.3 Å². The first-order valence-electron chi connectivity index (χ1n) is 8.62. The van der Waals surface area contributed by atoms with Gasteiger partial charge in [-0.15, -0.1) is 0 Å². The van der Waals surface area contributed by atoms with Gasteiger partial charge in [-0.05, 0) is 23.7 Å². The third kappa shape index (κ3) is 7.94. The van der Waals surface area contributed by atoms with Crippen LogP contribution >= 0.6 is 11.8 Å². The zero-order valence-electron chi connectivity index (χ0n) is 16.5. The third-order valence-electron chi connectivity index (χ3n) is 3.93. The van der Waals surface area contributed by atoms with Crippen LogP contribution in [0.4, 0.5) is 4.79 Å². The third-order valence-corrected chi connectivity index (χ3v) is 4.91. The predicted molar refractivity (Wildman–Crippen MR) is 110 cm³/mol. The fourth-order valence-corrected chi connectivity index (χ4v) is 4.47. The van der Waals surface area contributed by atoms with Crippen molar-refractivity contribution in [2.45, 2.75) is 80.4 Å². The minimum atomic E-state index is -0.241. The second-order valence-electron chi connectivity index (χ2n) is 9.68. The van der Waals surface area contributed by atoms with Crippen LogP contribution in [-0.2, 0) is 9.59 Å². The number of nitrogens with one attached hydrogen (secondary N) is 2. The van der Waals surface area contributed by atoms with E-state index in [0.717, 1.165) is 36.7 Å². The van der Waals surface area contributed by atoms with Crippen molar-refractivity contribution < 1.29 is 14.4 Å². The number of rotatable bonds is 2. The maximum Gasteiger partial charge on any atom is 0.286 e. The summed E-state index contributed by atoms with van der Waals surface area (Å²) in [6.45, 7) is 18.5. The first-order valence-corrected chi connectivity index (χ1v) is 9.50. The van der Waals surface area contributed by atoms with Gasteiger partial charge in [-0.3, -0.25) is 19.7 Å². The molecule has 0 spiro atoms. The van der Waals surface area contributed by atoms with Gasteiger partial charge in [0.2, 0.25) is 11.8 Å². The van der Waals surface area contributed by atoms with Gasteiger partial charge in [0, 0.05) is 12.1 Å². The Morgan fingerprint density at radius 2 is 1.62 bits per heavy atom. The molecule has 3 amide bonds. The highest BCUT2D eigenvalue weighted by atomic mass is 32.2. The van der Waals surface area contributed by atoms with E-state index in [4.69, 9.17) is 0 Å². The van der Waals surface area contributed by atoms with Crippen LogP contribution in [0.2, 0.25) is 0 Å². The van der Waals surface area contributed by atoms with E-state index in [2.05, 4.69) is 58.8 Å². The number of hydrogen-bond donors (Lipinski definition) is 2. The second kappa shape index (κ2) is 8.59. The Labute approximate surface area is 163 Å². The molecule has 2 N–H and O–H groups in total. The number of carbonyl (C=O) groups is 3. The van der Waals surface area contributed by atoms with E-state index in [1.54, 1.807) is 0 Å². The summed E-state index contributed by atoms with van der Waals surface area (Å²) in [7, 11) is 0. The lowest BCUT2D eigenvalue weighted by molar-refractivity contribution is -0.128. The molecule has 2 heterocycles. The number of amides is 3. The molecule has 2 fully saturated rings. The first kappa shape index (κ1) is 24.7. The molecule has 5 nitrogen and oxygen atoms in total. The van der Waals surface area contributed by atoms with Gasteiger partial charge in [0.1, 0.15) is 0 Å². The van der Waals surface area contributed by atoms with Crippen molar-refractivity contribution in [3.05, 3.63) is 12.3 Å². The lowest BCUT2D eigenvalue weighted by atomic mass is 9.74. The molecule has 2 saturated heterocycles. The van der Waals surface area contributed by atoms with Crippen LogP contribution in [0.5, 0.6) is 0 Å². The van der Waals surface area contributed by atoms with E-state index in [-0.39, 0.29) is 46.0 Å². The van der Waals surface area contributed by atoms with Crippen molar-refractivity contribution in [2.75, 3.05) is 0 Å². The number of allylic oxidation sites excluding steroid dienone is 1. The lowest BCUT2D eigenvalue weighted by Gasteiger charge is -2.29. The number of hydrogen-bond acceptors (Lipinski definition) is 4. The van der Waals surface area contributed by atoms with Crippen LogP contribution < -0.4 is 10.6 Å². The van der Waals surface area contributed by atoms with Crippen molar-refractivity contribution in [3.63, 3.8) is 0 Å². The van der Waals surface area contributed by atoms with E-state index in [0.29, 0.717) is 0 Å². The smallest absolute Gasteiger partial charge is 0.286 e. The molecule has 2 aliphatic rings. The normalized spacial score (nSPS) is 25.9. The van der Waals surface area contributed by atoms with Gasteiger partial charge in [0.15, 0.2) is 0 Å². The Kier molecular flexibility index (Phi) is 8.16. The van der Waals surface area contributed by atoms with E-state index >= 15 is 0 Å². The molecule has 0 aromatic rings. The topological polar surface area (TPSA) is 75.3 Å². The summed E-state index contributed by atoms with van der Waals surface area (Å²) in [6.07, 6.45) is 2.43. The SMILES string of the molecule is C.C=C1CC(C)(CC(C)(C)C)C(=O)N1.CC(C)(C)CC1SC(=O)NC1=O. The fraction of sp³-hybridized carbons (Fsp3) is 0.750. The zero-order chi connectivity index (χ0) is 19.6. The molecule has 2 rings (SSSR count). The predicted octanol–water partition coefficient (Wildman–Crippen LogP) is 4.87. The summed E-state index contributed by atoms with van der Waals surface area (Å²) >= 11 is 1.10. The first-order chi connectivity index (χ1) is 11.1. The van der Waals surface area contributed by atoms with Gasteiger partial charge in [0.05, 0.1) is 10.7 Å². The highest BCUT2D eigenvalue weighted by Crippen LogP contribution is 2.41. The van der Waals surface area contributed by atoms with Crippen molar-refractivity contribution in [1.82, 2.24) is 10.6 Å². The monoisotopic (exact) mass is 384 g/mol. The number of thioether (sulfide) groups is 1. The molecule has 2 unspecified atom stereocenters. The summed E-state index contributed by atoms with van der Waals surface area (Å²) in [5.41, 5.74) is 0.905. The molecular weight excluding hydrogens is 348 g/mol. The molecular formula is C20H36N2O3S. The maximum absolute atomic E-state index is 11.6. The largest absolute Gasteiger partial charge is 0.330 e. The lowest BCUT2D eigenvalue weighted by Crippen LogP contribution is -2.32. The van der Waals surface area contributed by atoms with Crippen LogP contribution in [0.1, 0.15) is 75.2 Å². The molecule has 0 radical (unpaired) electrons. The van der Waals surface area contributed by atoms with Gasteiger partial charge >= 0.3 is 0 Å². The molecule has 0 saturated carbocycles. The zero-order valence-corrected chi connectivity index (χ0v) is 17.4. The Hall–Kier alpha value is -1.30. The van der Waals surface area contributed by atoms with Gasteiger partial charge in [-0.25, -0.2) is 0 Å². The summed E-state index contributed by atoms with van der Waals surface area (Å²) < 4.78 is 0. The van der Waals surface area contributed by atoms with Crippen LogP contribution in [0, 0.1) is 16.2 Å².